The predicted molar refractivity (Wildman–Crippen MR) is 91.3 cm³/mol. The van der Waals surface area contributed by atoms with E-state index in [2.05, 4.69) is 0 Å². The van der Waals surface area contributed by atoms with Gasteiger partial charge in [-0.25, -0.2) is 13.6 Å². The van der Waals surface area contributed by atoms with Crippen LogP contribution in [0, 0.1) is 17.6 Å². The van der Waals surface area contributed by atoms with Crippen LogP contribution in [0.25, 0.3) is 0 Å². The van der Waals surface area contributed by atoms with Crippen molar-refractivity contribution >= 4 is 11.9 Å². The monoisotopic (exact) mass is 367 g/mol. The van der Waals surface area contributed by atoms with Gasteiger partial charge in [-0.05, 0) is 31.9 Å². The van der Waals surface area contributed by atoms with Crippen LogP contribution in [0.4, 0.5) is 8.78 Å². The first-order chi connectivity index (χ1) is 12.5. The van der Waals surface area contributed by atoms with E-state index in [1.165, 1.54) is 30.4 Å². The van der Waals surface area contributed by atoms with E-state index in [9.17, 15) is 18.4 Å². The van der Waals surface area contributed by atoms with Crippen molar-refractivity contribution in [3.63, 3.8) is 0 Å². The number of hydrogen-bond donors (Lipinski definition) is 0. The Morgan fingerprint density at radius 3 is 2.54 bits per heavy atom. The maximum atomic E-state index is 14.0. The number of hydrogen-bond acceptors (Lipinski definition) is 4. The molecule has 7 heteroatoms. The quantitative estimate of drug-likeness (QED) is 0.549. The summed E-state index contributed by atoms with van der Waals surface area (Å²) in [5.41, 5.74) is -0.122. The molecule has 0 bridgehead atoms. The number of morpholine rings is 1. The molecule has 0 aliphatic carbocycles. The maximum Gasteiger partial charge on any atom is 0.330 e. The largest absolute Gasteiger partial charge is 0.463 e. The van der Waals surface area contributed by atoms with Crippen LogP contribution in [0.1, 0.15) is 18.9 Å². The number of rotatable bonds is 7. The van der Waals surface area contributed by atoms with Crippen LogP contribution in [0.5, 0.6) is 0 Å². The van der Waals surface area contributed by atoms with Crippen molar-refractivity contribution in [2.75, 3.05) is 32.9 Å². The maximum absolute atomic E-state index is 14.0. The number of carbonyl (C=O) groups excluding carboxylic acids is 2. The van der Waals surface area contributed by atoms with E-state index in [-0.39, 0.29) is 30.9 Å². The van der Waals surface area contributed by atoms with E-state index >= 15 is 0 Å². The number of esters is 1. The van der Waals surface area contributed by atoms with Gasteiger partial charge in [0.1, 0.15) is 11.6 Å². The summed E-state index contributed by atoms with van der Waals surface area (Å²) in [5, 5.41) is 0. The van der Waals surface area contributed by atoms with Gasteiger partial charge in [0.15, 0.2) is 0 Å². The highest BCUT2D eigenvalue weighted by molar-refractivity contribution is 5.82. The SMILES string of the molecule is CCOC(=O)/C=C/CC(Cc1c(F)cccc1F)C(=O)N1CCOCC1. The van der Waals surface area contributed by atoms with Crippen LogP contribution in [-0.2, 0) is 25.5 Å². The number of halogens is 2. The minimum Gasteiger partial charge on any atom is -0.463 e. The van der Waals surface area contributed by atoms with Crippen molar-refractivity contribution in [2.24, 2.45) is 5.92 Å². The third kappa shape index (κ3) is 5.62. The summed E-state index contributed by atoms with van der Waals surface area (Å²) in [6.45, 7) is 3.70. The lowest BCUT2D eigenvalue weighted by atomic mass is 9.93. The zero-order valence-electron chi connectivity index (χ0n) is 14.7. The highest BCUT2D eigenvalue weighted by atomic mass is 19.1. The van der Waals surface area contributed by atoms with Gasteiger partial charge in [-0.15, -0.1) is 0 Å². The molecule has 1 atom stereocenters. The molecule has 26 heavy (non-hydrogen) atoms. The van der Waals surface area contributed by atoms with E-state index in [1.807, 2.05) is 0 Å². The van der Waals surface area contributed by atoms with Gasteiger partial charge in [0.25, 0.3) is 0 Å². The van der Waals surface area contributed by atoms with Gasteiger partial charge in [-0.1, -0.05) is 12.1 Å². The molecule has 1 fully saturated rings. The van der Waals surface area contributed by atoms with Gasteiger partial charge in [-0.2, -0.15) is 0 Å². The van der Waals surface area contributed by atoms with Gasteiger partial charge in [0, 0.05) is 30.6 Å². The van der Waals surface area contributed by atoms with Crippen LogP contribution in [0.3, 0.4) is 0 Å². The van der Waals surface area contributed by atoms with Crippen LogP contribution < -0.4 is 0 Å². The summed E-state index contributed by atoms with van der Waals surface area (Å²) in [4.78, 5) is 25.9. The van der Waals surface area contributed by atoms with Crippen LogP contribution in [-0.4, -0.2) is 49.7 Å². The normalized spacial score (nSPS) is 15.9. The molecule has 1 heterocycles. The number of carbonyl (C=O) groups is 2. The molecular formula is C19H23F2NO4. The molecule has 0 spiro atoms. The fourth-order valence-electron chi connectivity index (χ4n) is 2.81. The summed E-state index contributed by atoms with van der Waals surface area (Å²) in [7, 11) is 0. The first-order valence-corrected chi connectivity index (χ1v) is 8.65. The average molecular weight is 367 g/mol. The topological polar surface area (TPSA) is 55.8 Å². The summed E-state index contributed by atoms with van der Waals surface area (Å²) >= 11 is 0. The molecule has 1 aromatic rings. The average Bonchev–Trinajstić information content (AvgIpc) is 2.64. The van der Waals surface area contributed by atoms with Crippen LogP contribution in [0.2, 0.25) is 0 Å². The Hall–Kier alpha value is -2.28. The lowest BCUT2D eigenvalue weighted by molar-refractivity contribution is -0.140. The highest BCUT2D eigenvalue weighted by Crippen LogP contribution is 2.21. The van der Waals surface area contributed by atoms with Gasteiger partial charge in [-0.3, -0.25) is 4.79 Å². The minimum absolute atomic E-state index is 0.0815. The van der Waals surface area contributed by atoms with Crippen molar-refractivity contribution in [2.45, 2.75) is 19.8 Å². The van der Waals surface area contributed by atoms with Gasteiger partial charge in [0.2, 0.25) is 5.91 Å². The Bertz CT molecular complexity index is 637. The molecule has 1 unspecified atom stereocenters. The number of nitrogens with zero attached hydrogens (tertiary/aromatic N) is 1. The van der Waals surface area contributed by atoms with Gasteiger partial charge >= 0.3 is 5.97 Å². The molecular weight excluding hydrogens is 344 g/mol. The zero-order valence-corrected chi connectivity index (χ0v) is 14.7. The molecule has 1 saturated heterocycles. The summed E-state index contributed by atoms with van der Waals surface area (Å²) < 4.78 is 38.0. The molecule has 0 N–H and O–H groups in total. The molecule has 0 saturated carbocycles. The van der Waals surface area contributed by atoms with E-state index in [0.717, 1.165) is 0 Å². The van der Waals surface area contributed by atoms with E-state index in [4.69, 9.17) is 9.47 Å². The molecule has 2 rings (SSSR count). The van der Waals surface area contributed by atoms with Crippen LogP contribution >= 0.6 is 0 Å². The minimum atomic E-state index is -0.681. The van der Waals surface area contributed by atoms with Crippen molar-refractivity contribution in [3.8, 4) is 0 Å². The van der Waals surface area contributed by atoms with Gasteiger partial charge in [0.05, 0.1) is 19.8 Å². The highest BCUT2D eigenvalue weighted by Gasteiger charge is 2.27. The van der Waals surface area contributed by atoms with Crippen molar-refractivity contribution in [1.82, 2.24) is 4.90 Å². The lowest BCUT2D eigenvalue weighted by Gasteiger charge is -2.30. The third-order valence-electron chi connectivity index (χ3n) is 4.15. The van der Waals surface area contributed by atoms with Crippen molar-refractivity contribution < 1.29 is 27.8 Å². The number of allylic oxidation sites excluding steroid dienone is 1. The lowest BCUT2D eigenvalue weighted by Crippen LogP contribution is -2.44. The molecule has 1 amide bonds. The third-order valence-corrected chi connectivity index (χ3v) is 4.15. The molecule has 1 aliphatic heterocycles. The first-order valence-electron chi connectivity index (χ1n) is 8.65. The fourth-order valence-corrected chi connectivity index (χ4v) is 2.81. The smallest absolute Gasteiger partial charge is 0.330 e. The van der Waals surface area contributed by atoms with Crippen LogP contribution in [0.15, 0.2) is 30.4 Å². The summed E-state index contributed by atoms with van der Waals surface area (Å²) in [5.74, 6) is -2.75. The van der Waals surface area contributed by atoms with E-state index in [1.54, 1.807) is 11.8 Å². The standard InChI is InChI=1S/C19H23F2NO4/c1-2-26-18(23)8-3-5-14(19(24)22-9-11-25-12-10-22)13-15-16(20)6-4-7-17(15)21/h3-4,6-8,14H,2,5,9-13H2,1H3/b8-3+. The Morgan fingerprint density at radius 2 is 1.92 bits per heavy atom. The molecule has 5 nitrogen and oxygen atoms in total. The van der Waals surface area contributed by atoms with E-state index in [0.29, 0.717) is 26.3 Å². The molecule has 0 aromatic heterocycles. The predicted octanol–water partition coefficient (Wildman–Crippen LogP) is 2.49. The second-order valence-electron chi connectivity index (χ2n) is 5.93. The summed E-state index contributed by atoms with van der Waals surface area (Å²) in [6, 6.07) is 3.62. The Morgan fingerprint density at radius 1 is 1.27 bits per heavy atom. The molecule has 0 radical (unpaired) electrons. The number of benzene rings is 1. The summed E-state index contributed by atoms with van der Waals surface area (Å²) in [6.07, 6.45) is 2.85. The van der Waals surface area contributed by atoms with E-state index < -0.39 is 23.5 Å². The Balaban J connectivity index is 2.14. The Kier molecular flexibility index (Phi) is 7.72. The molecule has 1 aromatic carbocycles. The Labute approximate surface area is 151 Å². The first kappa shape index (κ1) is 20.0. The molecule has 142 valence electrons. The zero-order chi connectivity index (χ0) is 18.9. The van der Waals surface area contributed by atoms with Crippen molar-refractivity contribution in [1.29, 1.82) is 0 Å². The molecule has 1 aliphatic rings. The number of ether oxygens (including phenoxy) is 2. The number of amides is 1. The second-order valence-corrected chi connectivity index (χ2v) is 5.93. The fraction of sp³-hybridized carbons (Fsp3) is 0.474. The second kappa shape index (κ2) is 10.0. The van der Waals surface area contributed by atoms with Gasteiger partial charge < -0.3 is 14.4 Å². The van der Waals surface area contributed by atoms with Crippen molar-refractivity contribution in [3.05, 3.63) is 47.5 Å².